The third-order valence-corrected chi connectivity index (χ3v) is 3.91. The standard InChI is InChI=1S/C18H13N5O2/c1-10(18(24)25)11-2-4-13-15(6-11)20-9-22-17(13)23-12-3-5-14-16(7-12)21-8-19-14/h2-9H,1H2,(H,19,21)(H,24,25)(H,20,22,23)/p-1. The quantitative estimate of drug-likeness (QED) is 0.554. The van der Waals surface area contributed by atoms with Gasteiger partial charge in [0.25, 0.3) is 0 Å². The van der Waals surface area contributed by atoms with Crippen molar-refractivity contribution in [3.05, 3.63) is 61.2 Å². The molecule has 4 rings (SSSR count). The van der Waals surface area contributed by atoms with E-state index in [-0.39, 0.29) is 5.57 Å². The molecule has 0 aliphatic rings. The lowest BCUT2D eigenvalue weighted by Gasteiger charge is -2.11. The Morgan fingerprint density at radius 3 is 2.80 bits per heavy atom. The van der Waals surface area contributed by atoms with E-state index in [0.29, 0.717) is 16.9 Å². The SMILES string of the molecule is C=C(C(=O)[O-])c1ccc2c(Nc3ccc4nc[nH]c4c3)ncnc2c1. The number of aromatic nitrogens is 4. The average molecular weight is 330 g/mol. The van der Waals surface area contributed by atoms with E-state index in [1.165, 1.54) is 6.33 Å². The molecule has 0 bridgehead atoms. The molecule has 0 atom stereocenters. The Morgan fingerprint density at radius 1 is 1.08 bits per heavy atom. The maximum Gasteiger partial charge on any atom is 0.141 e. The van der Waals surface area contributed by atoms with Crippen molar-refractivity contribution in [2.75, 3.05) is 5.32 Å². The topological polar surface area (TPSA) is 107 Å². The molecule has 0 amide bonds. The van der Waals surface area contributed by atoms with Crippen molar-refractivity contribution in [3.63, 3.8) is 0 Å². The smallest absolute Gasteiger partial charge is 0.141 e. The van der Waals surface area contributed by atoms with Gasteiger partial charge >= 0.3 is 0 Å². The number of aliphatic carboxylic acids is 1. The lowest BCUT2D eigenvalue weighted by Crippen LogP contribution is -2.22. The van der Waals surface area contributed by atoms with Crippen LogP contribution in [0.3, 0.4) is 0 Å². The predicted octanol–water partition coefficient (Wildman–Crippen LogP) is 2.01. The van der Waals surface area contributed by atoms with Gasteiger partial charge in [0.05, 0.1) is 28.8 Å². The summed E-state index contributed by atoms with van der Waals surface area (Å²) < 4.78 is 0. The first-order chi connectivity index (χ1) is 12.1. The summed E-state index contributed by atoms with van der Waals surface area (Å²) in [4.78, 5) is 26.7. The van der Waals surface area contributed by atoms with Gasteiger partial charge in [-0.2, -0.15) is 0 Å². The summed E-state index contributed by atoms with van der Waals surface area (Å²) in [5.74, 6) is -0.686. The van der Waals surface area contributed by atoms with E-state index in [1.54, 1.807) is 24.5 Å². The van der Waals surface area contributed by atoms with Crippen molar-refractivity contribution in [2.24, 2.45) is 0 Å². The monoisotopic (exact) mass is 330 g/mol. The van der Waals surface area contributed by atoms with Gasteiger partial charge in [-0.05, 0) is 41.5 Å². The molecule has 0 radical (unpaired) electrons. The fourth-order valence-electron chi connectivity index (χ4n) is 2.61. The number of carbonyl (C=O) groups is 1. The molecule has 2 aromatic carbocycles. The maximum atomic E-state index is 11.0. The highest BCUT2D eigenvalue weighted by Gasteiger charge is 2.08. The molecular formula is C18H12N5O2-. The van der Waals surface area contributed by atoms with Crippen molar-refractivity contribution < 1.29 is 9.90 Å². The zero-order chi connectivity index (χ0) is 17.4. The highest BCUT2D eigenvalue weighted by molar-refractivity contribution is 6.14. The molecule has 7 heteroatoms. The number of carbonyl (C=O) groups excluding carboxylic acids is 1. The Hall–Kier alpha value is -3.74. The Kier molecular flexibility index (Phi) is 3.39. The number of hydrogen-bond acceptors (Lipinski definition) is 6. The number of hydrogen-bond donors (Lipinski definition) is 2. The zero-order valence-electron chi connectivity index (χ0n) is 13.0. The van der Waals surface area contributed by atoms with Crippen LogP contribution in [0, 0.1) is 0 Å². The minimum atomic E-state index is -1.31. The molecule has 4 aromatic rings. The number of nitrogens with zero attached hydrogens (tertiary/aromatic N) is 3. The molecule has 122 valence electrons. The summed E-state index contributed by atoms with van der Waals surface area (Å²) in [6.45, 7) is 3.51. The number of aromatic amines is 1. The molecule has 0 fully saturated rings. The molecular weight excluding hydrogens is 318 g/mol. The summed E-state index contributed by atoms with van der Waals surface area (Å²) in [6.07, 6.45) is 3.06. The van der Waals surface area contributed by atoms with Crippen LogP contribution in [0.1, 0.15) is 5.56 Å². The summed E-state index contributed by atoms with van der Waals surface area (Å²) in [6, 6.07) is 10.8. The molecule has 0 saturated heterocycles. The van der Waals surface area contributed by atoms with Crippen LogP contribution in [0.25, 0.3) is 27.5 Å². The van der Waals surface area contributed by atoms with Crippen molar-refractivity contribution in [1.82, 2.24) is 19.9 Å². The van der Waals surface area contributed by atoms with Gasteiger partial charge in [-0.3, -0.25) is 0 Å². The number of carboxylic acids is 1. The summed E-state index contributed by atoms with van der Waals surface area (Å²) in [7, 11) is 0. The number of benzene rings is 2. The van der Waals surface area contributed by atoms with E-state index in [1.807, 2.05) is 18.2 Å². The van der Waals surface area contributed by atoms with Gasteiger partial charge in [0.15, 0.2) is 0 Å². The average Bonchev–Trinajstić information content (AvgIpc) is 3.08. The van der Waals surface area contributed by atoms with E-state index in [0.717, 1.165) is 22.1 Å². The van der Waals surface area contributed by atoms with Crippen LogP contribution < -0.4 is 10.4 Å². The van der Waals surface area contributed by atoms with Crippen molar-refractivity contribution >= 4 is 45.0 Å². The lowest BCUT2D eigenvalue weighted by atomic mass is 10.1. The third kappa shape index (κ3) is 2.67. The van der Waals surface area contributed by atoms with E-state index >= 15 is 0 Å². The second-order valence-corrected chi connectivity index (χ2v) is 5.48. The largest absolute Gasteiger partial charge is 0.545 e. The normalized spacial score (nSPS) is 10.9. The molecule has 2 heterocycles. The summed E-state index contributed by atoms with van der Waals surface area (Å²) in [5, 5.41) is 15.0. The molecule has 7 nitrogen and oxygen atoms in total. The van der Waals surface area contributed by atoms with Crippen LogP contribution >= 0.6 is 0 Å². The van der Waals surface area contributed by atoms with Gasteiger partial charge in [0.1, 0.15) is 12.1 Å². The Morgan fingerprint density at radius 2 is 1.96 bits per heavy atom. The predicted molar refractivity (Wildman–Crippen MR) is 93.0 cm³/mol. The second kappa shape index (κ2) is 5.72. The zero-order valence-corrected chi connectivity index (χ0v) is 13.0. The van der Waals surface area contributed by atoms with E-state index in [9.17, 15) is 9.90 Å². The first kappa shape index (κ1) is 14.8. The summed E-state index contributed by atoms with van der Waals surface area (Å²) in [5.41, 5.74) is 3.62. The Bertz CT molecular complexity index is 1130. The van der Waals surface area contributed by atoms with E-state index in [4.69, 9.17) is 0 Å². The number of imidazole rings is 1. The number of fused-ring (bicyclic) bond motifs is 2. The minimum Gasteiger partial charge on any atom is -0.545 e. The molecule has 25 heavy (non-hydrogen) atoms. The molecule has 0 aliphatic carbocycles. The van der Waals surface area contributed by atoms with Gasteiger partial charge in [0, 0.05) is 11.1 Å². The molecule has 2 aromatic heterocycles. The highest BCUT2D eigenvalue weighted by atomic mass is 16.4. The van der Waals surface area contributed by atoms with Gasteiger partial charge in [-0.25, -0.2) is 15.0 Å². The summed E-state index contributed by atoms with van der Waals surface area (Å²) >= 11 is 0. The minimum absolute atomic E-state index is 0.0836. The third-order valence-electron chi connectivity index (χ3n) is 3.91. The molecule has 0 spiro atoms. The fourth-order valence-corrected chi connectivity index (χ4v) is 2.61. The second-order valence-electron chi connectivity index (χ2n) is 5.48. The molecule has 0 aliphatic heterocycles. The van der Waals surface area contributed by atoms with Crippen LogP contribution in [-0.4, -0.2) is 25.9 Å². The number of H-pyrrole nitrogens is 1. The van der Waals surface area contributed by atoms with Gasteiger partial charge in [-0.1, -0.05) is 12.6 Å². The first-order valence-electron chi connectivity index (χ1n) is 7.47. The van der Waals surface area contributed by atoms with Crippen molar-refractivity contribution in [2.45, 2.75) is 0 Å². The Labute approximate surface area is 142 Å². The van der Waals surface area contributed by atoms with Crippen molar-refractivity contribution in [3.8, 4) is 0 Å². The number of anilines is 2. The van der Waals surface area contributed by atoms with Crippen LogP contribution in [0.15, 0.2) is 55.6 Å². The van der Waals surface area contributed by atoms with Gasteiger partial charge < -0.3 is 20.2 Å². The maximum absolute atomic E-state index is 11.0. The van der Waals surface area contributed by atoms with E-state index < -0.39 is 5.97 Å². The Balaban J connectivity index is 1.74. The molecule has 0 unspecified atom stereocenters. The van der Waals surface area contributed by atoms with Crippen molar-refractivity contribution in [1.29, 1.82) is 0 Å². The number of nitrogens with one attached hydrogen (secondary N) is 2. The van der Waals surface area contributed by atoms with Crippen LogP contribution in [0.5, 0.6) is 0 Å². The van der Waals surface area contributed by atoms with Gasteiger partial charge in [-0.15, -0.1) is 0 Å². The first-order valence-corrected chi connectivity index (χ1v) is 7.47. The van der Waals surface area contributed by atoms with Crippen LogP contribution in [0.2, 0.25) is 0 Å². The van der Waals surface area contributed by atoms with E-state index in [2.05, 4.69) is 31.8 Å². The molecule has 2 N–H and O–H groups in total. The highest BCUT2D eigenvalue weighted by Crippen LogP contribution is 2.26. The molecule has 0 saturated carbocycles. The van der Waals surface area contributed by atoms with Crippen LogP contribution in [-0.2, 0) is 4.79 Å². The fraction of sp³-hybridized carbons (Fsp3) is 0. The van der Waals surface area contributed by atoms with Gasteiger partial charge in [0.2, 0.25) is 0 Å². The van der Waals surface area contributed by atoms with Crippen LogP contribution in [0.4, 0.5) is 11.5 Å². The lowest BCUT2D eigenvalue weighted by molar-refractivity contribution is -0.295. The number of rotatable bonds is 4. The number of carboxylic acid groups (broad SMARTS) is 1.